The van der Waals surface area contributed by atoms with E-state index in [9.17, 15) is 4.79 Å². The summed E-state index contributed by atoms with van der Waals surface area (Å²) >= 11 is 0. The highest BCUT2D eigenvalue weighted by molar-refractivity contribution is 5.97. The Kier molecular flexibility index (Phi) is 4.98. The van der Waals surface area contributed by atoms with E-state index in [2.05, 4.69) is 36.4 Å². The number of aryl methyl sites for hydroxylation is 1. The molecule has 1 unspecified atom stereocenters. The van der Waals surface area contributed by atoms with Crippen LogP contribution < -0.4 is 10.2 Å². The molecule has 1 aromatic carbocycles. The van der Waals surface area contributed by atoms with Crippen LogP contribution in [0.3, 0.4) is 0 Å². The lowest BCUT2D eigenvalue weighted by Gasteiger charge is -2.23. The van der Waals surface area contributed by atoms with Crippen LogP contribution in [0.2, 0.25) is 0 Å². The zero-order valence-corrected chi connectivity index (χ0v) is 13.9. The molecule has 2 aromatic rings. The lowest BCUT2D eigenvalue weighted by atomic mass is 10.0. The minimum absolute atomic E-state index is 0.00667. The highest BCUT2D eigenvalue weighted by Gasteiger charge is 2.24. The summed E-state index contributed by atoms with van der Waals surface area (Å²) in [4.78, 5) is 14.4. The van der Waals surface area contributed by atoms with Crippen LogP contribution in [-0.2, 0) is 11.8 Å². The van der Waals surface area contributed by atoms with Gasteiger partial charge in [0.1, 0.15) is 6.04 Å². The van der Waals surface area contributed by atoms with Crippen molar-refractivity contribution < 1.29 is 4.79 Å². The Bertz CT molecular complexity index is 630. The molecule has 0 spiro atoms. The van der Waals surface area contributed by atoms with Crippen LogP contribution in [0, 0.1) is 0 Å². The first-order chi connectivity index (χ1) is 10.4. The van der Waals surface area contributed by atoms with Gasteiger partial charge in [-0.2, -0.15) is 5.10 Å². The molecule has 0 fully saturated rings. The van der Waals surface area contributed by atoms with Crippen molar-refractivity contribution in [2.24, 2.45) is 7.05 Å². The molecule has 1 atom stereocenters. The Morgan fingerprint density at radius 2 is 1.86 bits per heavy atom. The van der Waals surface area contributed by atoms with E-state index in [0.717, 1.165) is 11.3 Å². The van der Waals surface area contributed by atoms with E-state index in [0.29, 0.717) is 5.92 Å². The fourth-order valence-corrected chi connectivity index (χ4v) is 2.43. The quantitative estimate of drug-likeness (QED) is 0.923. The third kappa shape index (κ3) is 3.36. The predicted octanol–water partition coefficient (Wildman–Crippen LogP) is 2.47. The summed E-state index contributed by atoms with van der Waals surface area (Å²) in [6.07, 6.45) is 3.57. The van der Waals surface area contributed by atoms with Gasteiger partial charge >= 0.3 is 0 Å². The molecule has 0 saturated carbocycles. The fraction of sp³-hybridized carbons (Fsp3) is 0.412. The van der Waals surface area contributed by atoms with E-state index in [1.165, 1.54) is 5.56 Å². The van der Waals surface area contributed by atoms with Crippen molar-refractivity contribution in [1.82, 2.24) is 15.1 Å². The van der Waals surface area contributed by atoms with Crippen molar-refractivity contribution in [1.29, 1.82) is 0 Å². The number of carbonyl (C=O) groups excluding carboxylic acids is 1. The summed E-state index contributed by atoms with van der Waals surface area (Å²) in [7, 11) is 5.42. The van der Waals surface area contributed by atoms with Crippen molar-refractivity contribution >= 4 is 11.6 Å². The highest BCUT2D eigenvalue weighted by Crippen LogP contribution is 2.22. The number of rotatable bonds is 5. The number of hydrogen-bond acceptors (Lipinski definition) is 3. The van der Waals surface area contributed by atoms with E-state index < -0.39 is 6.04 Å². The maximum absolute atomic E-state index is 12.7. The second-order valence-electron chi connectivity index (χ2n) is 5.81. The molecule has 0 aliphatic rings. The molecule has 22 heavy (non-hydrogen) atoms. The molecule has 0 saturated heterocycles. The Hall–Kier alpha value is -2.14. The number of nitrogens with zero attached hydrogens (tertiary/aromatic N) is 3. The summed E-state index contributed by atoms with van der Waals surface area (Å²) in [5.41, 5.74) is 3.02. The number of nitrogens with one attached hydrogen (secondary N) is 1. The van der Waals surface area contributed by atoms with E-state index in [4.69, 9.17) is 0 Å². The third-order valence-electron chi connectivity index (χ3n) is 3.87. The molecule has 5 nitrogen and oxygen atoms in total. The van der Waals surface area contributed by atoms with E-state index in [1.807, 2.05) is 25.4 Å². The van der Waals surface area contributed by atoms with Gasteiger partial charge in [0.15, 0.2) is 0 Å². The van der Waals surface area contributed by atoms with Gasteiger partial charge < -0.3 is 10.2 Å². The summed E-state index contributed by atoms with van der Waals surface area (Å²) < 4.78 is 1.70. The van der Waals surface area contributed by atoms with Gasteiger partial charge in [0, 0.05) is 31.5 Å². The summed E-state index contributed by atoms with van der Waals surface area (Å²) in [5.74, 6) is 0.475. The number of aromatic nitrogens is 2. The fourth-order valence-electron chi connectivity index (χ4n) is 2.43. The molecule has 0 aliphatic carbocycles. The Morgan fingerprint density at radius 1 is 1.23 bits per heavy atom. The number of carbonyl (C=O) groups is 1. The monoisotopic (exact) mass is 300 g/mol. The lowest BCUT2D eigenvalue weighted by molar-refractivity contribution is -0.120. The van der Waals surface area contributed by atoms with Gasteiger partial charge in [-0.1, -0.05) is 26.0 Å². The lowest BCUT2D eigenvalue weighted by Crippen LogP contribution is -2.37. The topological polar surface area (TPSA) is 50.2 Å². The van der Waals surface area contributed by atoms with Crippen molar-refractivity contribution in [2.45, 2.75) is 25.8 Å². The predicted molar refractivity (Wildman–Crippen MR) is 88.9 cm³/mol. The number of anilines is 1. The van der Waals surface area contributed by atoms with Crippen molar-refractivity contribution in [3.8, 4) is 0 Å². The molecule has 2 rings (SSSR count). The summed E-state index contributed by atoms with van der Waals surface area (Å²) in [6.45, 7) is 4.31. The molecule has 1 aromatic heterocycles. The molecule has 118 valence electrons. The van der Waals surface area contributed by atoms with Gasteiger partial charge in [0.2, 0.25) is 5.91 Å². The van der Waals surface area contributed by atoms with Gasteiger partial charge in [0.05, 0.1) is 6.20 Å². The minimum atomic E-state index is -0.400. The third-order valence-corrected chi connectivity index (χ3v) is 3.87. The first kappa shape index (κ1) is 16.2. The average molecular weight is 300 g/mol. The normalized spacial score (nSPS) is 12.5. The van der Waals surface area contributed by atoms with Crippen LogP contribution >= 0.6 is 0 Å². The largest absolute Gasteiger partial charge is 0.314 e. The van der Waals surface area contributed by atoms with Gasteiger partial charge in [0.25, 0.3) is 0 Å². The average Bonchev–Trinajstić information content (AvgIpc) is 2.93. The van der Waals surface area contributed by atoms with Crippen molar-refractivity contribution in [2.75, 3.05) is 19.0 Å². The van der Waals surface area contributed by atoms with E-state index in [-0.39, 0.29) is 5.91 Å². The van der Waals surface area contributed by atoms with Gasteiger partial charge in [-0.25, -0.2) is 0 Å². The zero-order valence-electron chi connectivity index (χ0n) is 13.9. The Morgan fingerprint density at radius 3 is 2.32 bits per heavy atom. The van der Waals surface area contributed by atoms with Gasteiger partial charge in [-0.3, -0.25) is 9.48 Å². The van der Waals surface area contributed by atoms with E-state index in [1.54, 1.807) is 29.9 Å². The SMILES string of the molecule is CNC(C(=O)N(C)c1ccc(C(C)C)cc1)c1cnn(C)c1. The minimum Gasteiger partial charge on any atom is -0.314 e. The number of amides is 1. The maximum Gasteiger partial charge on any atom is 0.248 e. The van der Waals surface area contributed by atoms with Crippen LogP contribution in [0.5, 0.6) is 0 Å². The van der Waals surface area contributed by atoms with Crippen molar-refractivity contribution in [3.05, 3.63) is 47.8 Å². The maximum atomic E-state index is 12.7. The Labute approximate surface area is 131 Å². The first-order valence-electron chi connectivity index (χ1n) is 7.47. The van der Waals surface area contributed by atoms with Crippen molar-refractivity contribution in [3.63, 3.8) is 0 Å². The summed E-state index contributed by atoms with van der Waals surface area (Å²) in [6, 6.07) is 7.72. The summed E-state index contributed by atoms with van der Waals surface area (Å²) in [5, 5.41) is 7.20. The second-order valence-corrected chi connectivity index (χ2v) is 5.81. The molecule has 0 aliphatic heterocycles. The number of likely N-dealkylation sites (N-methyl/N-ethyl adjacent to an activating group) is 2. The van der Waals surface area contributed by atoms with Crippen LogP contribution in [-0.4, -0.2) is 29.8 Å². The Balaban J connectivity index is 2.19. The molecule has 5 heteroatoms. The van der Waals surface area contributed by atoms with Gasteiger partial charge in [-0.05, 0) is 30.7 Å². The molecular formula is C17H24N4O. The number of benzene rings is 1. The standard InChI is InChI=1S/C17H24N4O/c1-12(2)13-6-8-15(9-7-13)21(5)17(22)16(18-3)14-10-19-20(4)11-14/h6-12,16,18H,1-5H3. The molecule has 1 N–H and O–H groups in total. The van der Waals surface area contributed by atoms with Crippen LogP contribution in [0.4, 0.5) is 5.69 Å². The smallest absolute Gasteiger partial charge is 0.248 e. The highest BCUT2D eigenvalue weighted by atomic mass is 16.2. The second kappa shape index (κ2) is 6.75. The van der Waals surface area contributed by atoms with E-state index >= 15 is 0 Å². The zero-order chi connectivity index (χ0) is 16.3. The molecule has 0 bridgehead atoms. The molecule has 0 radical (unpaired) electrons. The number of hydrogen-bond donors (Lipinski definition) is 1. The first-order valence-corrected chi connectivity index (χ1v) is 7.47. The van der Waals surface area contributed by atoms with Crippen LogP contribution in [0.1, 0.15) is 36.9 Å². The van der Waals surface area contributed by atoms with Crippen LogP contribution in [0.15, 0.2) is 36.7 Å². The molecule has 1 heterocycles. The molecular weight excluding hydrogens is 276 g/mol. The van der Waals surface area contributed by atoms with Gasteiger partial charge in [-0.15, -0.1) is 0 Å². The van der Waals surface area contributed by atoms with Crippen LogP contribution in [0.25, 0.3) is 0 Å². The molecule has 1 amide bonds.